The first-order valence-corrected chi connectivity index (χ1v) is 12.5. The molecule has 0 N–H and O–H groups in total. The predicted molar refractivity (Wildman–Crippen MR) is 140 cm³/mol. The number of hydrogen-bond acceptors (Lipinski definition) is 10. The molecule has 10 heteroatoms. The largest absolute Gasteiger partial charge is 0.364 e. The van der Waals surface area contributed by atoms with E-state index in [1.54, 1.807) is 17.5 Å². The maximum Gasteiger partial charge on any atom is 0.229 e. The van der Waals surface area contributed by atoms with Crippen LogP contribution < -0.4 is 4.90 Å². The van der Waals surface area contributed by atoms with E-state index in [0.717, 1.165) is 46.4 Å². The first-order valence-electron chi connectivity index (χ1n) is 10.8. The molecule has 0 aliphatic heterocycles. The molecule has 4 rings (SSSR count). The lowest BCUT2D eigenvalue weighted by Gasteiger charge is -2.17. The maximum absolute atomic E-state index is 4.40. The van der Waals surface area contributed by atoms with Crippen molar-refractivity contribution in [1.29, 1.82) is 0 Å². The summed E-state index contributed by atoms with van der Waals surface area (Å²) in [5, 5.41) is 30.3. The van der Waals surface area contributed by atoms with Gasteiger partial charge in [0.1, 0.15) is 5.00 Å². The Morgan fingerprint density at radius 2 is 1.44 bits per heavy atom. The van der Waals surface area contributed by atoms with E-state index in [1.165, 1.54) is 16.3 Å². The van der Waals surface area contributed by atoms with Crippen LogP contribution in [0, 0.1) is 6.92 Å². The van der Waals surface area contributed by atoms with Gasteiger partial charge in [-0.3, -0.25) is 0 Å². The normalized spacial score (nSPS) is 11.9. The van der Waals surface area contributed by atoms with Gasteiger partial charge < -0.3 is 4.90 Å². The molecule has 0 fully saturated rings. The highest BCUT2D eigenvalue weighted by molar-refractivity contribution is 7.19. The van der Waals surface area contributed by atoms with Crippen LogP contribution in [0.5, 0.6) is 0 Å². The number of thiazole rings is 1. The van der Waals surface area contributed by atoms with Gasteiger partial charge in [-0.2, -0.15) is 10.2 Å². The molecule has 4 aromatic rings. The molecule has 8 nitrogen and oxygen atoms in total. The number of thiophene rings is 1. The zero-order chi connectivity index (χ0) is 23.8. The first-order chi connectivity index (χ1) is 16.6. The maximum atomic E-state index is 4.40. The molecule has 0 saturated heterocycles. The van der Waals surface area contributed by atoms with Crippen LogP contribution in [0.4, 0.5) is 37.9 Å². The molecule has 0 saturated carbocycles. The summed E-state index contributed by atoms with van der Waals surface area (Å²) in [6.45, 7) is 8.24. The van der Waals surface area contributed by atoms with E-state index in [2.05, 4.69) is 60.5 Å². The van der Waals surface area contributed by atoms with Gasteiger partial charge in [-0.15, -0.1) is 31.8 Å². The summed E-state index contributed by atoms with van der Waals surface area (Å²) >= 11 is 3.08. The summed E-state index contributed by atoms with van der Waals surface area (Å²) in [4.78, 5) is 6.38. The van der Waals surface area contributed by atoms with Crippen molar-refractivity contribution in [3.8, 4) is 0 Å². The van der Waals surface area contributed by atoms with Gasteiger partial charge in [-0.05, 0) is 80.9 Å². The fraction of sp³-hybridized carbons (Fsp3) is 0.208. The molecule has 2 heterocycles. The quantitative estimate of drug-likeness (QED) is 0.219. The molecular weight excluding hydrogens is 464 g/mol. The molecular formula is C24H24N8S2. The van der Waals surface area contributed by atoms with Crippen molar-refractivity contribution in [2.75, 3.05) is 18.0 Å². The zero-order valence-electron chi connectivity index (χ0n) is 19.2. The van der Waals surface area contributed by atoms with Crippen LogP contribution in [0.1, 0.15) is 19.4 Å². The Morgan fingerprint density at radius 3 is 2.09 bits per heavy atom. The third kappa shape index (κ3) is 6.24. The van der Waals surface area contributed by atoms with E-state index in [9.17, 15) is 0 Å². The Balaban J connectivity index is 1.39. The lowest BCUT2D eigenvalue weighted by Crippen LogP contribution is -2.20. The summed E-state index contributed by atoms with van der Waals surface area (Å²) in [5.74, 6) is 0. The van der Waals surface area contributed by atoms with Gasteiger partial charge in [0.15, 0.2) is 0 Å². The Bertz CT molecular complexity index is 1290. The molecule has 0 unspecified atom stereocenters. The number of aromatic nitrogens is 1. The van der Waals surface area contributed by atoms with Crippen molar-refractivity contribution in [2.24, 2.45) is 30.7 Å². The van der Waals surface area contributed by atoms with E-state index in [-0.39, 0.29) is 0 Å². The molecule has 0 aliphatic carbocycles. The summed E-state index contributed by atoms with van der Waals surface area (Å²) in [5.41, 5.74) is 4.01. The average molecular weight is 489 g/mol. The molecule has 0 aliphatic rings. The molecule has 2 aromatic heterocycles. The van der Waals surface area contributed by atoms with Crippen LogP contribution >= 0.6 is 22.7 Å². The van der Waals surface area contributed by atoms with Crippen molar-refractivity contribution in [3.63, 3.8) is 0 Å². The molecule has 34 heavy (non-hydrogen) atoms. The molecule has 0 spiro atoms. The fourth-order valence-electron chi connectivity index (χ4n) is 3.06. The van der Waals surface area contributed by atoms with Crippen molar-refractivity contribution < 1.29 is 0 Å². The molecule has 172 valence electrons. The highest BCUT2D eigenvalue weighted by Gasteiger charge is 2.05. The fourth-order valence-corrected chi connectivity index (χ4v) is 4.47. The summed E-state index contributed by atoms with van der Waals surface area (Å²) in [6.07, 6.45) is 1.70. The lowest BCUT2D eigenvalue weighted by molar-refractivity contribution is 0.876. The number of rotatable bonds is 9. The molecule has 0 bridgehead atoms. The van der Waals surface area contributed by atoms with Gasteiger partial charge in [-0.1, -0.05) is 11.3 Å². The predicted octanol–water partition coefficient (Wildman–Crippen LogP) is 9.61. The topological polar surface area (TPSA) is 90.3 Å². The highest BCUT2D eigenvalue weighted by atomic mass is 32.1. The van der Waals surface area contributed by atoms with Gasteiger partial charge in [0.25, 0.3) is 0 Å². The number of azo groups is 3. The highest BCUT2D eigenvalue weighted by Crippen LogP contribution is 2.34. The average Bonchev–Trinajstić information content (AvgIpc) is 3.55. The van der Waals surface area contributed by atoms with Crippen molar-refractivity contribution in [2.45, 2.75) is 20.8 Å². The van der Waals surface area contributed by atoms with Crippen LogP contribution in [-0.4, -0.2) is 18.1 Å². The molecule has 0 radical (unpaired) electrons. The van der Waals surface area contributed by atoms with Crippen LogP contribution in [0.2, 0.25) is 0 Å². The van der Waals surface area contributed by atoms with Gasteiger partial charge in [-0.25, -0.2) is 4.98 Å². The number of hydrogen-bond donors (Lipinski definition) is 0. The Morgan fingerprint density at radius 1 is 0.765 bits per heavy atom. The molecule has 0 atom stereocenters. The summed E-state index contributed by atoms with van der Waals surface area (Å²) < 4.78 is 0. The van der Waals surface area contributed by atoms with Gasteiger partial charge >= 0.3 is 0 Å². The Labute approximate surface area is 206 Å². The second kappa shape index (κ2) is 11.5. The van der Waals surface area contributed by atoms with E-state index in [4.69, 9.17) is 0 Å². The number of benzene rings is 2. The van der Waals surface area contributed by atoms with Gasteiger partial charge in [0, 0.05) is 24.7 Å². The Kier molecular flexibility index (Phi) is 7.95. The summed E-state index contributed by atoms with van der Waals surface area (Å²) in [6, 6.07) is 17.2. The molecule has 0 amide bonds. The van der Waals surface area contributed by atoms with Gasteiger partial charge in [0.05, 0.1) is 27.8 Å². The van der Waals surface area contributed by atoms with Crippen LogP contribution in [0.3, 0.4) is 0 Å². The lowest BCUT2D eigenvalue weighted by atomic mass is 10.2. The third-order valence-corrected chi connectivity index (χ3v) is 6.58. The van der Waals surface area contributed by atoms with Crippen LogP contribution in [0.25, 0.3) is 0 Å². The minimum absolute atomic E-state index is 0.627. The molecule has 2 aromatic carbocycles. The van der Waals surface area contributed by atoms with Crippen molar-refractivity contribution >= 4 is 60.6 Å². The Hall–Kier alpha value is -3.63. The van der Waals surface area contributed by atoms with E-state index >= 15 is 0 Å². The minimum Gasteiger partial charge on any atom is -0.364 e. The number of anilines is 1. The minimum atomic E-state index is 0.627. The summed E-state index contributed by atoms with van der Waals surface area (Å²) in [7, 11) is 0. The first kappa shape index (κ1) is 23.5. The van der Waals surface area contributed by atoms with Gasteiger partial charge in [0.2, 0.25) is 5.13 Å². The SMILES string of the molecule is CCN(CC)c1ccc(N=Nc2ccc(N=Nc3ccc(N=Nc4nccs4)cc3)c(C)c2)s1. The van der Waals surface area contributed by atoms with E-state index < -0.39 is 0 Å². The number of nitrogens with zero attached hydrogens (tertiary/aromatic N) is 8. The monoisotopic (exact) mass is 488 g/mol. The van der Waals surface area contributed by atoms with E-state index in [0.29, 0.717) is 5.13 Å². The standard InChI is InChI=1S/C24H24N8S2/c1-4-32(5-2)23-13-12-22(34-23)30-28-20-10-11-21(17(3)16-20)29-26-18-6-8-19(9-7-18)27-31-24-25-14-15-33-24/h6-16H,4-5H2,1-3H3. The van der Waals surface area contributed by atoms with Crippen molar-refractivity contribution in [1.82, 2.24) is 4.98 Å². The smallest absolute Gasteiger partial charge is 0.229 e. The second-order valence-electron chi connectivity index (χ2n) is 7.19. The van der Waals surface area contributed by atoms with Crippen LogP contribution in [-0.2, 0) is 0 Å². The zero-order valence-corrected chi connectivity index (χ0v) is 20.8. The second-order valence-corrected chi connectivity index (χ2v) is 9.10. The van der Waals surface area contributed by atoms with Crippen molar-refractivity contribution in [3.05, 3.63) is 71.7 Å². The number of aryl methyl sites for hydroxylation is 1. The third-order valence-electron chi connectivity index (χ3n) is 4.89. The van der Waals surface area contributed by atoms with E-state index in [1.807, 2.05) is 60.8 Å². The van der Waals surface area contributed by atoms with Crippen LogP contribution in [0.15, 0.2) is 96.9 Å².